The second-order valence-corrected chi connectivity index (χ2v) is 9.02. The molecule has 0 aliphatic carbocycles. The standard InChI is InChI=1S/C18H24N2O6S/c1-16(2,14(22)23)8-17(3,4)26-10-6-11(21)12(19-7-10)13-20-18(5,9-27-13)15(24)25/h6-7,21H,8-9H2,1-5H3,(H,22,23)(H,24,25). The molecule has 9 heteroatoms. The van der Waals surface area contributed by atoms with Crippen molar-refractivity contribution in [3.8, 4) is 11.5 Å². The van der Waals surface area contributed by atoms with E-state index in [0.717, 1.165) is 0 Å². The first-order valence-corrected chi connectivity index (χ1v) is 9.32. The maximum Gasteiger partial charge on any atom is 0.332 e. The van der Waals surface area contributed by atoms with Crippen LogP contribution in [0, 0.1) is 5.41 Å². The summed E-state index contributed by atoms with van der Waals surface area (Å²) < 4.78 is 5.84. The second-order valence-electron chi connectivity index (χ2n) is 8.05. The van der Waals surface area contributed by atoms with E-state index in [1.165, 1.54) is 30.9 Å². The van der Waals surface area contributed by atoms with E-state index in [1.54, 1.807) is 27.7 Å². The molecule has 0 spiro atoms. The Balaban J connectivity index is 2.20. The molecule has 1 aliphatic heterocycles. The van der Waals surface area contributed by atoms with E-state index in [-0.39, 0.29) is 29.4 Å². The molecular formula is C18H24N2O6S. The van der Waals surface area contributed by atoms with E-state index in [2.05, 4.69) is 9.98 Å². The van der Waals surface area contributed by atoms with Crippen LogP contribution in [0.1, 0.15) is 46.7 Å². The number of pyridine rings is 1. The molecule has 148 valence electrons. The monoisotopic (exact) mass is 396 g/mol. The number of carbonyl (C=O) groups is 2. The van der Waals surface area contributed by atoms with Gasteiger partial charge in [-0.1, -0.05) is 0 Å². The molecule has 0 amide bonds. The highest BCUT2D eigenvalue weighted by molar-refractivity contribution is 8.14. The van der Waals surface area contributed by atoms with E-state index in [0.29, 0.717) is 5.04 Å². The van der Waals surface area contributed by atoms with Crippen LogP contribution in [0.2, 0.25) is 0 Å². The first-order chi connectivity index (χ1) is 12.3. The molecule has 0 bridgehead atoms. The summed E-state index contributed by atoms with van der Waals surface area (Å²) in [4.78, 5) is 31.0. The number of carboxylic acids is 2. The van der Waals surface area contributed by atoms with E-state index in [9.17, 15) is 24.9 Å². The lowest BCUT2D eigenvalue weighted by Crippen LogP contribution is -2.38. The topological polar surface area (TPSA) is 129 Å². The lowest BCUT2D eigenvalue weighted by atomic mass is 9.82. The average Bonchev–Trinajstić information content (AvgIpc) is 2.89. The Labute approximate surface area is 161 Å². The Morgan fingerprint density at radius 2 is 1.93 bits per heavy atom. The van der Waals surface area contributed by atoms with Gasteiger partial charge in [-0.05, 0) is 34.6 Å². The van der Waals surface area contributed by atoms with Crippen molar-refractivity contribution in [1.29, 1.82) is 0 Å². The van der Waals surface area contributed by atoms with Crippen molar-refractivity contribution in [3.63, 3.8) is 0 Å². The molecule has 1 aromatic rings. The molecule has 1 aliphatic rings. The van der Waals surface area contributed by atoms with Crippen molar-refractivity contribution in [2.45, 2.75) is 52.2 Å². The van der Waals surface area contributed by atoms with Gasteiger partial charge in [0.2, 0.25) is 0 Å². The highest BCUT2D eigenvalue weighted by Gasteiger charge is 2.40. The predicted molar refractivity (Wildman–Crippen MR) is 102 cm³/mol. The molecule has 1 atom stereocenters. The number of aromatic nitrogens is 1. The van der Waals surface area contributed by atoms with E-state index in [1.807, 2.05) is 0 Å². The van der Waals surface area contributed by atoms with Gasteiger partial charge in [-0.25, -0.2) is 9.78 Å². The summed E-state index contributed by atoms with van der Waals surface area (Å²) in [7, 11) is 0. The fourth-order valence-corrected chi connectivity index (χ4v) is 4.04. The van der Waals surface area contributed by atoms with Crippen LogP contribution in [0.15, 0.2) is 17.3 Å². The van der Waals surface area contributed by atoms with Gasteiger partial charge in [0, 0.05) is 18.2 Å². The number of nitrogens with zero attached hydrogens (tertiary/aromatic N) is 2. The minimum Gasteiger partial charge on any atom is -0.505 e. The zero-order chi connectivity index (χ0) is 20.6. The number of aliphatic carboxylic acids is 2. The van der Waals surface area contributed by atoms with Crippen molar-refractivity contribution >= 4 is 28.7 Å². The zero-order valence-corrected chi connectivity index (χ0v) is 16.8. The summed E-state index contributed by atoms with van der Waals surface area (Å²) in [6.45, 7) is 8.27. The van der Waals surface area contributed by atoms with Crippen molar-refractivity contribution in [1.82, 2.24) is 4.98 Å². The lowest BCUT2D eigenvalue weighted by molar-refractivity contribution is -0.149. The van der Waals surface area contributed by atoms with Gasteiger partial charge in [0.1, 0.15) is 27.8 Å². The van der Waals surface area contributed by atoms with Crippen LogP contribution in [-0.2, 0) is 9.59 Å². The zero-order valence-electron chi connectivity index (χ0n) is 15.9. The predicted octanol–water partition coefficient (Wildman–Crippen LogP) is 2.78. The van der Waals surface area contributed by atoms with Crippen LogP contribution in [0.5, 0.6) is 11.5 Å². The van der Waals surface area contributed by atoms with Crippen LogP contribution >= 0.6 is 11.8 Å². The smallest absolute Gasteiger partial charge is 0.332 e. The molecule has 1 unspecified atom stereocenters. The van der Waals surface area contributed by atoms with Crippen molar-refractivity contribution in [2.75, 3.05) is 5.75 Å². The average molecular weight is 396 g/mol. The summed E-state index contributed by atoms with van der Waals surface area (Å²) in [5.74, 6) is -1.59. The molecule has 0 saturated carbocycles. The van der Waals surface area contributed by atoms with Gasteiger partial charge in [-0.3, -0.25) is 9.79 Å². The Morgan fingerprint density at radius 3 is 2.41 bits per heavy atom. The number of hydrogen-bond donors (Lipinski definition) is 3. The molecule has 2 rings (SSSR count). The number of hydrogen-bond acceptors (Lipinski definition) is 7. The SMILES string of the molecule is CC(C)(CC(C)(C)C(=O)O)Oc1cnc(C2=NC(C)(C(=O)O)CS2)c(O)c1. The molecule has 1 aromatic heterocycles. The second kappa shape index (κ2) is 7.03. The molecule has 2 heterocycles. The van der Waals surface area contributed by atoms with E-state index >= 15 is 0 Å². The first kappa shape index (κ1) is 21.0. The first-order valence-electron chi connectivity index (χ1n) is 8.34. The van der Waals surface area contributed by atoms with Crippen molar-refractivity contribution in [2.24, 2.45) is 10.4 Å². The van der Waals surface area contributed by atoms with Crippen LogP contribution < -0.4 is 4.74 Å². The fourth-order valence-electron chi connectivity index (χ4n) is 2.88. The highest BCUT2D eigenvalue weighted by atomic mass is 32.2. The van der Waals surface area contributed by atoms with Gasteiger partial charge in [-0.2, -0.15) is 0 Å². The number of thioether (sulfide) groups is 1. The Bertz CT molecular complexity index is 805. The highest BCUT2D eigenvalue weighted by Crippen LogP contribution is 2.36. The number of aliphatic imine (C=N–C) groups is 1. The molecule has 3 N–H and O–H groups in total. The van der Waals surface area contributed by atoms with Gasteiger partial charge in [0.05, 0.1) is 11.6 Å². The summed E-state index contributed by atoms with van der Waals surface area (Å²) in [5.41, 5.74) is -2.83. The van der Waals surface area contributed by atoms with Gasteiger partial charge < -0.3 is 20.1 Å². The van der Waals surface area contributed by atoms with Gasteiger partial charge in [0.15, 0.2) is 5.54 Å². The number of aromatic hydroxyl groups is 1. The minimum absolute atomic E-state index is 0.179. The molecule has 0 radical (unpaired) electrons. The van der Waals surface area contributed by atoms with Crippen molar-refractivity contribution < 1.29 is 29.6 Å². The van der Waals surface area contributed by atoms with Crippen LogP contribution in [0.25, 0.3) is 0 Å². The maximum absolute atomic E-state index is 11.3. The normalized spacial score (nSPS) is 20.3. The molecule has 0 aromatic carbocycles. The number of rotatable bonds is 7. The van der Waals surface area contributed by atoms with Crippen LogP contribution in [0.4, 0.5) is 0 Å². The molecule has 8 nitrogen and oxygen atoms in total. The lowest BCUT2D eigenvalue weighted by Gasteiger charge is -2.32. The van der Waals surface area contributed by atoms with Crippen LogP contribution in [0.3, 0.4) is 0 Å². The third kappa shape index (κ3) is 4.71. The molecule has 0 fully saturated rings. The number of carboxylic acid groups (broad SMARTS) is 2. The van der Waals surface area contributed by atoms with E-state index in [4.69, 9.17) is 4.74 Å². The molecule has 0 saturated heterocycles. The molecular weight excluding hydrogens is 372 g/mol. The summed E-state index contributed by atoms with van der Waals surface area (Å²) in [5, 5.41) is 29.2. The Kier molecular flexibility index (Phi) is 5.47. The molecule has 27 heavy (non-hydrogen) atoms. The number of ether oxygens (including phenoxy) is 1. The van der Waals surface area contributed by atoms with Gasteiger partial charge in [-0.15, -0.1) is 11.8 Å². The Morgan fingerprint density at radius 1 is 1.30 bits per heavy atom. The van der Waals surface area contributed by atoms with Gasteiger partial charge in [0.25, 0.3) is 0 Å². The van der Waals surface area contributed by atoms with Crippen LogP contribution in [-0.4, -0.2) is 54.2 Å². The Hall–Kier alpha value is -2.29. The van der Waals surface area contributed by atoms with Gasteiger partial charge >= 0.3 is 11.9 Å². The maximum atomic E-state index is 11.3. The third-order valence-corrected chi connectivity index (χ3v) is 5.45. The third-order valence-electron chi connectivity index (χ3n) is 4.18. The fraction of sp³-hybridized carbons (Fsp3) is 0.556. The van der Waals surface area contributed by atoms with E-state index < -0.39 is 28.5 Å². The summed E-state index contributed by atoms with van der Waals surface area (Å²) >= 11 is 1.22. The summed E-state index contributed by atoms with van der Waals surface area (Å²) in [6, 6.07) is 1.37. The quantitative estimate of drug-likeness (QED) is 0.641. The summed E-state index contributed by atoms with van der Waals surface area (Å²) in [6.07, 6.45) is 1.65. The van der Waals surface area contributed by atoms with Crippen molar-refractivity contribution in [3.05, 3.63) is 18.0 Å². The minimum atomic E-state index is -1.24. The largest absolute Gasteiger partial charge is 0.505 e.